The summed E-state index contributed by atoms with van der Waals surface area (Å²) in [5, 5.41) is 0.159. The lowest BCUT2D eigenvalue weighted by atomic mass is 10.1. The van der Waals surface area contributed by atoms with E-state index in [2.05, 4.69) is 17.5 Å². The highest BCUT2D eigenvalue weighted by molar-refractivity contribution is 6.20. The van der Waals surface area contributed by atoms with Gasteiger partial charge in [0.2, 0.25) is 0 Å². The fourth-order valence-corrected chi connectivity index (χ4v) is 1.45. The molecule has 6 nitrogen and oxygen atoms in total. The quantitative estimate of drug-likeness (QED) is 0.562. The van der Waals surface area contributed by atoms with Crippen LogP contribution in [0.3, 0.4) is 0 Å². The van der Waals surface area contributed by atoms with Gasteiger partial charge in [-0.3, -0.25) is 9.59 Å². The molecule has 2 radical (unpaired) electrons. The van der Waals surface area contributed by atoms with Crippen molar-refractivity contribution in [1.29, 1.82) is 0 Å². The molecule has 0 saturated heterocycles. The van der Waals surface area contributed by atoms with Gasteiger partial charge in [0.25, 0.3) is 11.8 Å². The Labute approximate surface area is 102 Å². The second-order valence-electron chi connectivity index (χ2n) is 3.31. The van der Waals surface area contributed by atoms with E-state index in [1.54, 1.807) is 0 Å². The normalized spacial score (nSPS) is 15.5. The molecule has 1 aromatic carbocycles. The molecule has 18 heavy (non-hydrogen) atoms. The Balaban J connectivity index is 2.21. The Hall–Kier alpha value is -2.22. The first-order chi connectivity index (χ1) is 8.56. The predicted octanol–water partition coefficient (Wildman–Crippen LogP) is 0.136. The predicted molar refractivity (Wildman–Crippen MR) is 54.8 cm³/mol. The molecule has 1 heterocycles. The fraction of sp³-hybridized carbons (Fsp3) is 0.100. The van der Waals surface area contributed by atoms with Crippen LogP contribution < -0.4 is 0 Å². The number of hydrogen-bond acceptors (Lipinski definition) is 5. The van der Waals surface area contributed by atoms with Crippen molar-refractivity contribution in [2.45, 2.75) is 6.36 Å². The maximum atomic E-state index is 13.1. The van der Waals surface area contributed by atoms with Crippen molar-refractivity contribution >= 4 is 25.8 Å². The number of fused-ring (bicyclic) bond motifs is 1. The van der Waals surface area contributed by atoms with Crippen LogP contribution in [0.4, 0.5) is 4.39 Å². The molecule has 0 bridgehead atoms. The molecule has 2 rings (SSSR count). The zero-order valence-corrected chi connectivity index (χ0v) is 8.83. The zero-order chi connectivity index (χ0) is 13.3. The summed E-state index contributed by atoms with van der Waals surface area (Å²) in [6.45, 7) is 0. The number of imide groups is 1. The molecule has 0 spiro atoms. The van der Waals surface area contributed by atoms with E-state index >= 15 is 0 Å². The van der Waals surface area contributed by atoms with E-state index in [0.717, 1.165) is 0 Å². The van der Waals surface area contributed by atoms with Crippen molar-refractivity contribution in [3.63, 3.8) is 0 Å². The van der Waals surface area contributed by atoms with E-state index in [9.17, 15) is 18.8 Å². The Kier molecular flexibility index (Phi) is 3.11. The minimum atomic E-state index is -2.66. The molecule has 0 aromatic heterocycles. The summed E-state index contributed by atoms with van der Waals surface area (Å²) in [4.78, 5) is 38.3. The first-order valence-electron chi connectivity index (χ1n) is 4.75. The number of hydroxylamine groups is 2. The number of carbonyl (C=O) groups excluding carboxylic acids is 3. The monoisotopic (exact) mass is 249 g/mol. The highest BCUT2D eigenvalue weighted by Crippen LogP contribution is 2.23. The largest absolute Gasteiger partial charge is 0.539 e. The van der Waals surface area contributed by atoms with Crippen molar-refractivity contribution in [2.24, 2.45) is 0 Å². The first-order valence-corrected chi connectivity index (χ1v) is 4.75. The van der Waals surface area contributed by atoms with Gasteiger partial charge in [-0.05, 0) is 12.1 Å². The molecule has 0 aliphatic carbocycles. The summed E-state index contributed by atoms with van der Waals surface area (Å²) >= 11 is 0. The third-order valence-corrected chi connectivity index (χ3v) is 2.26. The van der Waals surface area contributed by atoms with E-state index in [0.29, 0.717) is 0 Å². The second kappa shape index (κ2) is 4.57. The van der Waals surface area contributed by atoms with Crippen LogP contribution in [0.5, 0.6) is 0 Å². The van der Waals surface area contributed by atoms with Crippen LogP contribution >= 0.6 is 0 Å². The van der Waals surface area contributed by atoms with E-state index in [-0.39, 0.29) is 16.2 Å². The van der Waals surface area contributed by atoms with Crippen LogP contribution in [0.2, 0.25) is 0 Å². The molecule has 90 valence electrons. The van der Waals surface area contributed by atoms with Crippen molar-refractivity contribution in [3.8, 4) is 0 Å². The molecule has 0 saturated carbocycles. The molecule has 0 fully saturated rings. The van der Waals surface area contributed by atoms with Gasteiger partial charge >= 0.3 is 20.4 Å². The fourth-order valence-electron chi connectivity index (χ4n) is 1.45. The standard InChI is InChI=1S/C10H5BFNO5/c11-17-10(16)7(12)18-13-8(14)5-3-1-2-4-6(5)9(13)15/h1-4,7H. The molecular formula is C10H5BFNO5. The van der Waals surface area contributed by atoms with Crippen LogP contribution in [-0.2, 0) is 14.3 Å². The Bertz CT molecular complexity index is 500. The lowest BCUT2D eigenvalue weighted by Crippen LogP contribution is -2.36. The summed E-state index contributed by atoms with van der Waals surface area (Å²) < 4.78 is 16.7. The number of alkyl halides is 1. The SMILES string of the molecule is [B]OC(=O)C(F)ON1C(=O)c2ccccc2C1=O. The van der Waals surface area contributed by atoms with Gasteiger partial charge in [-0.15, -0.1) is 5.06 Å². The van der Waals surface area contributed by atoms with Crippen LogP contribution in [0.15, 0.2) is 24.3 Å². The van der Waals surface area contributed by atoms with Gasteiger partial charge in [-0.2, -0.15) is 0 Å². The van der Waals surface area contributed by atoms with Crippen molar-refractivity contribution in [2.75, 3.05) is 0 Å². The first kappa shape index (κ1) is 12.2. The van der Waals surface area contributed by atoms with Crippen LogP contribution in [0.1, 0.15) is 20.7 Å². The molecular weight excluding hydrogens is 244 g/mol. The number of hydrogen-bond donors (Lipinski definition) is 0. The van der Waals surface area contributed by atoms with Crippen LogP contribution in [0, 0.1) is 0 Å². The maximum absolute atomic E-state index is 13.1. The summed E-state index contributed by atoms with van der Waals surface area (Å²) in [7, 11) is 4.44. The van der Waals surface area contributed by atoms with Crippen LogP contribution in [-0.4, -0.2) is 37.3 Å². The van der Waals surface area contributed by atoms with Gasteiger partial charge in [0, 0.05) is 0 Å². The van der Waals surface area contributed by atoms with Gasteiger partial charge in [-0.25, -0.2) is 14.0 Å². The summed E-state index contributed by atoms with van der Waals surface area (Å²) in [6, 6.07) is 5.84. The van der Waals surface area contributed by atoms with E-state index in [1.807, 2.05) is 0 Å². The van der Waals surface area contributed by atoms with Gasteiger partial charge in [0.1, 0.15) is 0 Å². The van der Waals surface area contributed by atoms with E-state index in [1.165, 1.54) is 24.3 Å². The number of nitrogens with zero attached hydrogens (tertiary/aromatic N) is 1. The zero-order valence-electron chi connectivity index (χ0n) is 8.83. The number of halogens is 1. The Morgan fingerprint density at radius 2 is 1.72 bits per heavy atom. The molecule has 1 aliphatic rings. The van der Waals surface area contributed by atoms with Gasteiger partial charge in [0.05, 0.1) is 11.1 Å². The highest BCUT2D eigenvalue weighted by Gasteiger charge is 2.39. The topological polar surface area (TPSA) is 72.9 Å². The number of amides is 2. The van der Waals surface area contributed by atoms with Crippen molar-refractivity contribution in [3.05, 3.63) is 35.4 Å². The number of benzene rings is 1. The average molecular weight is 249 g/mol. The average Bonchev–Trinajstić information content (AvgIpc) is 2.63. The smallest absolute Gasteiger partial charge is 0.378 e. The lowest BCUT2D eigenvalue weighted by molar-refractivity contribution is -0.198. The lowest BCUT2D eigenvalue weighted by Gasteiger charge is -2.14. The van der Waals surface area contributed by atoms with Gasteiger partial charge in [-0.1, -0.05) is 12.1 Å². The highest BCUT2D eigenvalue weighted by atomic mass is 19.1. The molecule has 0 N–H and O–H groups in total. The third-order valence-electron chi connectivity index (χ3n) is 2.26. The summed E-state index contributed by atoms with van der Waals surface area (Å²) in [5.74, 6) is -3.27. The molecule has 8 heteroatoms. The van der Waals surface area contributed by atoms with Crippen LogP contribution in [0.25, 0.3) is 0 Å². The minimum Gasteiger partial charge on any atom is -0.539 e. The van der Waals surface area contributed by atoms with E-state index < -0.39 is 24.1 Å². The molecule has 1 aliphatic heterocycles. The van der Waals surface area contributed by atoms with Crippen molar-refractivity contribution in [1.82, 2.24) is 5.06 Å². The van der Waals surface area contributed by atoms with Gasteiger partial charge < -0.3 is 4.65 Å². The number of rotatable bonds is 3. The maximum Gasteiger partial charge on any atom is 0.378 e. The second-order valence-corrected chi connectivity index (χ2v) is 3.31. The Morgan fingerprint density at radius 3 is 2.17 bits per heavy atom. The van der Waals surface area contributed by atoms with Crippen molar-refractivity contribution < 1.29 is 28.3 Å². The summed E-state index contributed by atoms with van der Waals surface area (Å²) in [6.07, 6.45) is -2.66. The summed E-state index contributed by atoms with van der Waals surface area (Å²) in [5.41, 5.74) is 0.131. The van der Waals surface area contributed by atoms with Gasteiger partial charge in [0.15, 0.2) is 0 Å². The minimum absolute atomic E-state index is 0.0656. The molecule has 1 unspecified atom stereocenters. The third kappa shape index (κ3) is 1.86. The number of carbonyl (C=O) groups is 3. The van der Waals surface area contributed by atoms with E-state index in [4.69, 9.17) is 0 Å². The Morgan fingerprint density at radius 1 is 1.22 bits per heavy atom. The molecule has 2 amide bonds. The molecule has 1 aromatic rings. The molecule has 1 atom stereocenters.